The number of nitrogens with zero attached hydrogens (tertiary/aromatic N) is 1. The molecule has 0 atom stereocenters. The number of para-hydroxylation sites is 1. The van der Waals surface area contributed by atoms with Crippen LogP contribution in [0.2, 0.25) is 5.02 Å². The highest BCUT2D eigenvalue weighted by Gasteiger charge is 2.25. The van der Waals surface area contributed by atoms with Gasteiger partial charge in [0, 0.05) is 25.2 Å². The number of halogens is 1. The number of anilines is 3. The van der Waals surface area contributed by atoms with Gasteiger partial charge in [0.2, 0.25) is 5.91 Å². The van der Waals surface area contributed by atoms with E-state index in [-0.39, 0.29) is 16.2 Å². The van der Waals surface area contributed by atoms with Crippen molar-refractivity contribution in [3.8, 4) is 0 Å². The summed E-state index contributed by atoms with van der Waals surface area (Å²) in [5.74, 6) is -0.172. The van der Waals surface area contributed by atoms with E-state index in [2.05, 4.69) is 10.0 Å². The molecule has 2 aromatic rings. The number of carbonyl (C=O) groups excluding carboxylic acids is 1. The molecule has 2 N–H and O–H groups in total. The Labute approximate surface area is 188 Å². The van der Waals surface area contributed by atoms with E-state index in [9.17, 15) is 13.2 Å². The predicted octanol–water partition coefficient (Wildman–Crippen LogP) is 4.35. The van der Waals surface area contributed by atoms with Crippen LogP contribution < -0.4 is 14.9 Å². The number of hydrogen-bond donors (Lipinski definition) is 2. The summed E-state index contributed by atoms with van der Waals surface area (Å²) in [6.45, 7) is 8.09. The van der Waals surface area contributed by atoms with E-state index >= 15 is 0 Å². The normalized spacial score (nSPS) is 14.9. The monoisotopic (exact) mass is 465 g/mol. The molecule has 0 bridgehead atoms. The Kier molecular flexibility index (Phi) is 7.13. The molecular formula is C22H28ClN3O4S. The molecule has 0 saturated carbocycles. The van der Waals surface area contributed by atoms with Crippen LogP contribution in [0.25, 0.3) is 0 Å². The molecule has 1 heterocycles. The highest BCUT2D eigenvalue weighted by atomic mass is 35.5. The second kappa shape index (κ2) is 9.46. The van der Waals surface area contributed by atoms with Gasteiger partial charge >= 0.3 is 0 Å². The summed E-state index contributed by atoms with van der Waals surface area (Å²) in [6.07, 6.45) is 0.318. The zero-order valence-electron chi connectivity index (χ0n) is 17.9. The van der Waals surface area contributed by atoms with Gasteiger partial charge in [0.15, 0.2) is 0 Å². The van der Waals surface area contributed by atoms with Gasteiger partial charge in [-0.3, -0.25) is 9.52 Å². The molecule has 0 aromatic heterocycles. The Morgan fingerprint density at radius 2 is 1.81 bits per heavy atom. The average Bonchev–Trinajstić information content (AvgIpc) is 2.69. The molecule has 0 unspecified atom stereocenters. The molecule has 9 heteroatoms. The van der Waals surface area contributed by atoms with Crippen molar-refractivity contribution < 1.29 is 17.9 Å². The van der Waals surface area contributed by atoms with Gasteiger partial charge in [-0.25, -0.2) is 8.42 Å². The lowest BCUT2D eigenvalue weighted by atomic mass is 9.92. The van der Waals surface area contributed by atoms with Crippen molar-refractivity contribution in [2.75, 3.05) is 41.2 Å². The summed E-state index contributed by atoms with van der Waals surface area (Å²) in [6, 6.07) is 11.6. The lowest BCUT2D eigenvalue weighted by Crippen LogP contribution is -2.37. The van der Waals surface area contributed by atoms with E-state index in [0.29, 0.717) is 54.8 Å². The molecule has 2 aromatic carbocycles. The molecule has 31 heavy (non-hydrogen) atoms. The van der Waals surface area contributed by atoms with Crippen molar-refractivity contribution in [3.63, 3.8) is 0 Å². The highest BCUT2D eigenvalue weighted by Crippen LogP contribution is 2.32. The summed E-state index contributed by atoms with van der Waals surface area (Å²) < 4.78 is 34.7. The van der Waals surface area contributed by atoms with E-state index in [1.54, 1.807) is 36.4 Å². The van der Waals surface area contributed by atoms with Crippen molar-refractivity contribution in [1.29, 1.82) is 0 Å². The SMILES string of the molecule is CC(C)(C)CC(=O)Nc1ccc(N2CCOCC2)c(S(=O)(=O)Nc2ccccc2Cl)c1. The third-order valence-electron chi connectivity index (χ3n) is 4.69. The first-order chi connectivity index (χ1) is 14.5. The fourth-order valence-electron chi connectivity index (χ4n) is 3.30. The number of carbonyl (C=O) groups is 1. The van der Waals surface area contributed by atoms with Gasteiger partial charge in [0.1, 0.15) is 4.90 Å². The molecule has 0 radical (unpaired) electrons. The van der Waals surface area contributed by atoms with Gasteiger partial charge in [0.05, 0.1) is 29.6 Å². The minimum Gasteiger partial charge on any atom is -0.378 e. The number of benzene rings is 2. The van der Waals surface area contributed by atoms with E-state index in [4.69, 9.17) is 16.3 Å². The van der Waals surface area contributed by atoms with E-state index in [0.717, 1.165) is 0 Å². The second-order valence-corrected chi connectivity index (χ2v) is 10.7. The topological polar surface area (TPSA) is 87.7 Å². The molecular weight excluding hydrogens is 438 g/mol. The van der Waals surface area contributed by atoms with E-state index in [1.807, 2.05) is 25.7 Å². The van der Waals surface area contributed by atoms with Crippen LogP contribution in [0.1, 0.15) is 27.2 Å². The quantitative estimate of drug-likeness (QED) is 0.662. The van der Waals surface area contributed by atoms with Crippen LogP contribution in [-0.4, -0.2) is 40.6 Å². The Morgan fingerprint density at radius 3 is 2.45 bits per heavy atom. The van der Waals surface area contributed by atoms with Crippen LogP contribution in [0.15, 0.2) is 47.4 Å². The largest absolute Gasteiger partial charge is 0.378 e. The van der Waals surface area contributed by atoms with Gasteiger partial charge in [-0.1, -0.05) is 44.5 Å². The minimum atomic E-state index is -3.98. The Morgan fingerprint density at radius 1 is 1.13 bits per heavy atom. The van der Waals surface area contributed by atoms with Crippen LogP contribution >= 0.6 is 11.6 Å². The second-order valence-electron chi connectivity index (χ2n) is 8.65. The maximum absolute atomic E-state index is 13.3. The van der Waals surface area contributed by atoms with Gasteiger partial charge in [-0.2, -0.15) is 0 Å². The van der Waals surface area contributed by atoms with Gasteiger partial charge in [-0.05, 0) is 35.7 Å². The average molecular weight is 466 g/mol. The van der Waals surface area contributed by atoms with Gasteiger partial charge in [0.25, 0.3) is 10.0 Å². The lowest BCUT2D eigenvalue weighted by molar-refractivity contribution is -0.117. The molecule has 3 rings (SSSR count). The predicted molar refractivity (Wildman–Crippen MR) is 124 cm³/mol. The summed E-state index contributed by atoms with van der Waals surface area (Å²) in [4.78, 5) is 14.4. The molecule has 1 saturated heterocycles. The molecule has 0 spiro atoms. The van der Waals surface area contributed by atoms with Gasteiger partial charge < -0.3 is 15.0 Å². The zero-order chi connectivity index (χ0) is 22.6. The highest BCUT2D eigenvalue weighted by molar-refractivity contribution is 7.93. The summed E-state index contributed by atoms with van der Waals surface area (Å²) in [5, 5.41) is 3.12. The smallest absolute Gasteiger partial charge is 0.264 e. The van der Waals surface area contributed by atoms with E-state index < -0.39 is 10.0 Å². The first kappa shape index (κ1) is 23.4. The van der Waals surface area contributed by atoms with Crippen molar-refractivity contribution in [1.82, 2.24) is 0 Å². The molecule has 1 aliphatic heterocycles. The fourth-order valence-corrected chi connectivity index (χ4v) is 4.87. The number of rotatable bonds is 6. The third kappa shape index (κ3) is 6.35. The fraction of sp³-hybridized carbons (Fsp3) is 0.409. The summed E-state index contributed by atoms with van der Waals surface area (Å²) in [7, 11) is -3.98. The van der Waals surface area contributed by atoms with Crippen LogP contribution in [0.3, 0.4) is 0 Å². The molecule has 1 fully saturated rings. The van der Waals surface area contributed by atoms with Crippen molar-refractivity contribution in [2.45, 2.75) is 32.1 Å². The molecule has 1 aliphatic rings. The van der Waals surface area contributed by atoms with Crippen molar-refractivity contribution >= 4 is 44.6 Å². The first-order valence-corrected chi connectivity index (χ1v) is 12.0. The molecule has 168 valence electrons. The third-order valence-corrected chi connectivity index (χ3v) is 6.42. The number of nitrogens with one attached hydrogen (secondary N) is 2. The molecule has 0 aliphatic carbocycles. The van der Waals surface area contributed by atoms with Crippen LogP contribution in [0.5, 0.6) is 0 Å². The van der Waals surface area contributed by atoms with Crippen molar-refractivity contribution in [3.05, 3.63) is 47.5 Å². The number of morpholine rings is 1. The van der Waals surface area contributed by atoms with Crippen LogP contribution in [-0.2, 0) is 19.6 Å². The molecule has 7 nitrogen and oxygen atoms in total. The minimum absolute atomic E-state index is 0.0721. The Hall–Kier alpha value is -2.29. The van der Waals surface area contributed by atoms with E-state index in [1.165, 1.54) is 6.07 Å². The van der Waals surface area contributed by atoms with Crippen molar-refractivity contribution in [2.24, 2.45) is 5.41 Å². The van der Waals surface area contributed by atoms with Crippen LogP contribution in [0.4, 0.5) is 17.1 Å². The Balaban J connectivity index is 1.97. The first-order valence-electron chi connectivity index (χ1n) is 10.1. The number of ether oxygens (including phenoxy) is 1. The van der Waals surface area contributed by atoms with Crippen LogP contribution in [0, 0.1) is 5.41 Å². The summed E-state index contributed by atoms with van der Waals surface area (Å²) >= 11 is 6.16. The zero-order valence-corrected chi connectivity index (χ0v) is 19.5. The number of hydrogen-bond acceptors (Lipinski definition) is 5. The standard InChI is InChI=1S/C22H28ClN3O4S/c1-22(2,3)15-21(27)24-16-8-9-19(26-10-12-30-13-11-26)20(14-16)31(28,29)25-18-7-5-4-6-17(18)23/h4-9,14,25H,10-13,15H2,1-3H3,(H,24,27). The number of amides is 1. The number of sulfonamides is 1. The Bertz CT molecular complexity index is 1040. The maximum Gasteiger partial charge on any atom is 0.264 e. The van der Waals surface area contributed by atoms with Gasteiger partial charge in [-0.15, -0.1) is 0 Å². The summed E-state index contributed by atoms with van der Waals surface area (Å²) in [5.41, 5.74) is 1.08. The molecule has 1 amide bonds. The lowest BCUT2D eigenvalue weighted by Gasteiger charge is -2.30. The maximum atomic E-state index is 13.3.